The number of hydrogen-bond acceptors (Lipinski definition) is 3. The third kappa shape index (κ3) is 6.81. The van der Waals surface area contributed by atoms with E-state index in [1.165, 1.54) is 6.07 Å². The topological polar surface area (TPSA) is 66.6 Å². The number of hydrogen-bond donors (Lipinski definition) is 2. The summed E-state index contributed by atoms with van der Waals surface area (Å²) in [7, 11) is 0. The molecule has 1 atom stereocenters. The van der Waals surface area contributed by atoms with Gasteiger partial charge < -0.3 is 10.6 Å². The van der Waals surface area contributed by atoms with Crippen LogP contribution in [0, 0.1) is 0 Å². The molecule has 1 aromatic carbocycles. The molecule has 0 spiro atoms. The number of guanidine groups is 1. The normalized spacial score (nSPS) is 13.0. The molecule has 2 aromatic heterocycles. The number of aryl methyl sites for hydroxylation is 1. The number of nitrogens with one attached hydrogen (secondary N) is 2. The molecule has 0 aliphatic carbocycles. The first-order valence-electron chi connectivity index (χ1n) is 9.89. The lowest BCUT2D eigenvalue weighted by molar-refractivity contribution is -0.137. The van der Waals surface area contributed by atoms with Gasteiger partial charge in [-0.15, -0.1) is 34.2 Å². The first-order chi connectivity index (χ1) is 14.4. The third-order valence-corrected chi connectivity index (χ3v) is 4.62. The SMILES string of the molecule is CCNC(=NCCCc1nnc2ccccn12)NC(C)c1cccc(C(F)(F)F)c1.I. The molecule has 0 radical (unpaired) electrons. The lowest BCUT2D eigenvalue weighted by atomic mass is 10.1. The zero-order chi connectivity index (χ0) is 21.6. The average Bonchev–Trinajstić information content (AvgIpc) is 3.14. The number of pyridine rings is 1. The number of fused-ring (bicyclic) bond motifs is 1. The van der Waals surface area contributed by atoms with Crippen LogP contribution in [0.2, 0.25) is 0 Å². The lowest BCUT2D eigenvalue weighted by Crippen LogP contribution is -2.38. The van der Waals surface area contributed by atoms with E-state index in [2.05, 4.69) is 25.8 Å². The van der Waals surface area contributed by atoms with Crippen molar-refractivity contribution in [1.29, 1.82) is 0 Å². The van der Waals surface area contributed by atoms with Gasteiger partial charge in [-0.1, -0.05) is 18.2 Å². The van der Waals surface area contributed by atoms with Crippen molar-refractivity contribution in [3.63, 3.8) is 0 Å². The Bertz CT molecular complexity index is 1000. The van der Waals surface area contributed by atoms with Crippen molar-refractivity contribution in [3.05, 3.63) is 65.6 Å². The van der Waals surface area contributed by atoms with Crippen molar-refractivity contribution < 1.29 is 13.2 Å². The number of aliphatic imine (C=N–C) groups is 1. The Balaban J connectivity index is 0.00000341. The highest BCUT2D eigenvalue weighted by molar-refractivity contribution is 14.0. The maximum atomic E-state index is 13.0. The number of nitrogens with zero attached hydrogens (tertiary/aromatic N) is 4. The fourth-order valence-electron chi connectivity index (χ4n) is 3.08. The second-order valence-electron chi connectivity index (χ2n) is 6.90. The monoisotopic (exact) mass is 546 g/mol. The van der Waals surface area contributed by atoms with Crippen LogP contribution in [0.15, 0.2) is 53.7 Å². The molecule has 10 heteroatoms. The van der Waals surface area contributed by atoms with Gasteiger partial charge in [0.15, 0.2) is 11.6 Å². The van der Waals surface area contributed by atoms with Gasteiger partial charge in [-0.05, 0) is 50.1 Å². The third-order valence-electron chi connectivity index (χ3n) is 4.62. The summed E-state index contributed by atoms with van der Waals surface area (Å²) >= 11 is 0. The highest BCUT2D eigenvalue weighted by Gasteiger charge is 2.30. The van der Waals surface area contributed by atoms with Crippen LogP contribution in [0.3, 0.4) is 0 Å². The zero-order valence-electron chi connectivity index (χ0n) is 17.4. The molecule has 0 aliphatic rings. The summed E-state index contributed by atoms with van der Waals surface area (Å²) in [6.45, 7) is 4.95. The number of aromatic nitrogens is 3. The first kappa shape index (κ1) is 24.9. The summed E-state index contributed by atoms with van der Waals surface area (Å²) in [6.07, 6.45) is -0.946. The van der Waals surface area contributed by atoms with Crippen molar-refractivity contribution >= 4 is 35.6 Å². The van der Waals surface area contributed by atoms with E-state index in [4.69, 9.17) is 0 Å². The van der Waals surface area contributed by atoms with Gasteiger partial charge in [-0.3, -0.25) is 9.39 Å². The summed E-state index contributed by atoms with van der Waals surface area (Å²) in [5, 5.41) is 14.6. The largest absolute Gasteiger partial charge is 0.416 e. The number of rotatable bonds is 7. The molecule has 3 aromatic rings. The van der Waals surface area contributed by atoms with Crippen LogP contribution < -0.4 is 10.6 Å². The Labute approximate surface area is 196 Å². The molecule has 2 N–H and O–H groups in total. The Morgan fingerprint density at radius 1 is 1.16 bits per heavy atom. The summed E-state index contributed by atoms with van der Waals surface area (Å²) < 4.78 is 40.8. The molecular formula is C21H26F3IN6. The van der Waals surface area contributed by atoms with E-state index in [9.17, 15) is 13.2 Å². The van der Waals surface area contributed by atoms with E-state index in [1.54, 1.807) is 6.07 Å². The molecule has 6 nitrogen and oxygen atoms in total. The highest BCUT2D eigenvalue weighted by atomic mass is 127. The van der Waals surface area contributed by atoms with Gasteiger partial charge in [0.05, 0.1) is 11.6 Å². The van der Waals surface area contributed by atoms with E-state index < -0.39 is 11.7 Å². The van der Waals surface area contributed by atoms with Crippen LogP contribution >= 0.6 is 24.0 Å². The van der Waals surface area contributed by atoms with Gasteiger partial charge in [0.2, 0.25) is 0 Å². The quantitative estimate of drug-likeness (QED) is 0.197. The summed E-state index contributed by atoms with van der Waals surface area (Å²) in [4.78, 5) is 4.54. The van der Waals surface area contributed by atoms with Crippen molar-refractivity contribution in [2.75, 3.05) is 13.1 Å². The van der Waals surface area contributed by atoms with Crippen molar-refractivity contribution in [1.82, 2.24) is 25.2 Å². The molecule has 0 amide bonds. The van der Waals surface area contributed by atoms with Crippen LogP contribution in [-0.2, 0) is 12.6 Å². The maximum absolute atomic E-state index is 13.0. The van der Waals surface area contributed by atoms with Gasteiger partial charge >= 0.3 is 6.18 Å². The van der Waals surface area contributed by atoms with Crippen molar-refractivity contribution in [2.24, 2.45) is 4.99 Å². The number of halogens is 4. The minimum atomic E-state index is -4.36. The Kier molecular flexibility index (Phi) is 9.08. The second kappa shape index (κ2) is 11.3. The standard InChI is InChI=1S/C21H25F3N6.HI/c1-3-25-20(27-15(2)16-8-6-9-17(14-16)21(22,23)24)26-12-7-11-19-29-28-18-10-4-5-13-30(18)19;/h4-6,8-10,13-15H,3,7,11-12H2,1-2H3,(H2,25,26,27);1H. The molecule has 0 saturated carbocycles. The lowest BCUT2D eigenvalue weighted by Gasteiger charge is -2.19. The molecule has 31 heavy (non-hydrogen) atoms. The predicted molar refractivity (Wildman–Crippen MR) is 126 cm³/mol. The van der Waals surface area contributed by atoms with Crippen LogP contribution in [-0.4, -0.2) is 33.6 Å². The number of alkyl halides is 3. The molecule has 0 saturated heterocycles. The van der Waals surface area contributed by atoms with Gasteiger partial charge in [-0.25, -0.2) is 0 Å². The highest BCUT2D eigenvalue weighted by Crippen LogP contribution is 2.30. The summed E-state index contributed by atoms with van der Waals surface area (Å²) in [6, 6.07) is 10.7. The fourth-order valence-corrected chi connectivity index (χ4v) is 3.08. The zero-order valence-corrected chi connectivity index (χ0v) is 19.7. The Hall–Kier alpha value is -2.37. The molecule has 168 valence electrons. The van der Waals surface area contributed by atoms with Crippen molar-refractivity contribution in [3.8, 4) is 0 Å². The summed E-state index contributed by atoms with van der Waals surface area (Å²) in [5.41, 5.74) is 0.697. The minimum Gasteiger partial charge on any atom is -0.357 e. The number of benzene rings is 1. The Morgan fingerprint density at radius 2 is 1.97 bits per heavy atom. The molecular weight excluding hydrogens is 520 g/mol. The van der Waals surface area contributed by atoms with Crippen LogP contribution in [0.25, 0.3) is 5.65 Å². The summed E-state index contributed by atoms with van der Waals surface area (Å²) in [5.74, 6) is 1.43. The molecule has 3 rings (SSSR count). The van der Waals surface area contributed by atoms with E-state index in [1.807, 2.05) is 42.6 Å². The average molecular weight is 546 g/mol. The van der Waals surface area contributed by atoms with Crippen molar-refractivity contribution in [2.45, 2.75) is 38.9 Å². The van der Waals surface area contributed by atoms with E-state index in [0.29, 0.717) is 24.6 Å². The maximum Gasteiger partial charge on any atom is 0.416 e. The van der Waals surface area contributed by atoms with Crippen LogP contribution in [0.5, 0.6) is 0 Å². The predicted octanol–water partition coefficient (Wildman–Crippen LogP) is 4.62. The van der Waals surface area contributed by atoms with E-state index >= 15 is 0 Å². The molecule has 0 fully saturated rings. The van der Waals surface area contributed by atoms with Gasteiger partial charge in [0.1, 0.15) is 5.82 Å². The smallest absolute Gasteiger partial charge is 0.357 e. The fraction of sp³-hybridized carbons (Fsp3) is 0.381. The molecule has 1 unspecified atom stereocenters. The molecule has 0 aliphatic heterocycles. The van der Waals surface area contributed by atoms with E-state index in [-0.39, 0.29) is 30.0 Å². The van der Waals surface area contributed by atoms with Gasteiger partial charge in [0, 0.05) is 25.7 Å². The van der Waals surface area contributed by atoms with Gasteiger partial charge in [-0.2, -0.15) is 13.2 Å². The Morgan fingerprint density at radius 3 is 2.71 bits per heavy atom. The van der Waals surface area contributed by atoms with E-state index in [0.717, 1.165) is 36.4 Å². The molecule has 2 heterocycles. The minimum absolute atomic E-state index is 0. The molecule has 0 bridgehead atoms. The van der Waals surface area contributed by atoms with Crippen LogP contribution in [0.1, 0.15) is 43.3 Å². The van der Waals surface area contributed by atoms with Gasteiger partial charge in [0.25, 0.3) is 0 Å². The second-order valence-corrected chi connectivity index (χ2v) is 6.90. The van der Waals surface area contributed by atoms with Crippen LogP contribution in [0.4, 0.5) is 13.2 Å². The first-order valence-corrected chi connectivity index (χ1v) is 9.89.